The average Bonchev–Trinajstić information content (AvgIpc) is 3.57. The molecular weight excluding hydrogens is 458 g/mol. The average molecular weight is 484 g/mol. The molecule has 2 aliphatic rings. The Morgan fingerprint density at radius 1 is 1.24 bits per heavy atom. The largest absolute Gasteiger partial charge is 0.497 e. The third kappa shape index (κ3) is 4.76. The second kappa shape index (κ2) is 9.40. The number of hydrogen-bond acceptors (Lipinski definition) is 8. The summed E-state index contributed by atoms with van der Waals surface area (Å²) < 4.78 is 11.0. The highest BCUT2D eigenvalue weighted by atomic mass is 32.2. The van der Waals surface area contributed by atoms with Gasteiger partial charge < -0.3 is 14.4 Å². The van der Waals surface area contributed by atoms with Gasteiger partial charge in [-0.15, -0.1) is 11.3 Å². The lowest BCUT2D eigenvalue weighted by molar-refractivity contribution is -0.141. The van der Waals surface area contributed by atoms with Crippen LogP contribution in [0, 0.1) is 12.8 Å². The van der Waals surface area contributed by atoms with Gasteiger partial charge in [0.05, 0.1) is 42.5 Å². The Bertz CT molecular complexity index is 1210. The van der Waals surface area contributed by atoms with Crippen LogP contribution >= 0.6 is 23.1 Å². The van der Waals surface area contributed by atoms with E-state index in [-0.39, 0.29) is 29.4 Å². The molecule has 9 heteroatoms. The number of thioether (sulfide) groups is 1. The van der Waals surface area contributed by atoms with Crippen molar-refractivity contribution in [3.8, 4) is 5.75 Å². The normalized spacial score (nSPS) is 18.5. The molecule has 1 aliphatic carbocycles. The summed E-state index contributed by atoms with van der Waals surface area (Å²) in [6, 6.07) is 9.40. The molecule has 1 atom stereocenters. The predicted octanol–water partition coefficient (Wildman–Crippen LogP) is 4.29. The summed E-state index contributed by atoms with van der Waals surface area (Å²) in [5.74, 6) is 2.11. The molecule has 3 heterocycles. The van der Waals surface area contributed by atoms with Gasteiger partial charge in [0, 0.05) is 22.7 Å². The molecule has 172 valence electrons. The first-order valence-electron chi connectivity index (χ1n) is 11.0. The molecule has 0 N–H and O–H groups in total. The Hall–Kier alpha value is -2.49. The van der Waals surface area contributed by atoms with Gasteiger partial charge in [-0.05, 0) is 50.1 Å². The summed E-state index contributed by atoms with van der Waals surface area (Å²) in [6.45, 7) is 3.51. The zero-order chi connectivity index (χ0) is 22.9. The molecule has 0 radical (unpaired) electrons. The molecular formula is C24H25N3O4S2. The van der Waals surface area contributed by atoms with E-state index in [1.807, 2.05) is 42.2 Å². The van der Waals surface area contributed by atoms with Gasteiger partial charge in [-0.25, -0.2) is 9.97 Å². The molecule has 3 aromatic rings. The number of hydrogen-bond donors (Lipinski definition) is 0. The molecule has 2 fully saturated rings. The lowest BCUT2D eigenvalue weighted by Gasteiger charge is -2.35. The van der Waals surface area contributed by atoms with Crippen molar-refractivity contribution in [2.75, 3.05) is 32.6 Å². The first-order chi connectivity index (χ1) is 16.0. The fourth-order valence-electron chi connectivity index (χ4n) is 3.98. The van der Waals surface area contributed by atoms with Crippen LogP contribution in [0.1, 0.15) is 39.3 Å². The first-order valence-corrected chi connectivity index (χ1v) is 12.8. The molecule has 7 nitrogen and oxygen atoms in total. The number of nitrogens with zero attached hydrogens (tertiary/aromatic N) is 3. The standard InChI is InChI=1S/C24H25N3O4S2/c1-14-25-18-6-5-16(30-2)11-17(18)23(26-14)32-13-20(28)22-8-7-21(33-22)19-12-31-10-9-27(19)24(29)15-3-4-15/h5-8,11,15,19H,3-4,9-10,12-13H2,1-2H3. The number of ketones is 1. The van der Waals surface area contributed by atoms with E-state index < -0.39 is 0 Å². The van der Waals surface area contributed by atoms with Crippen LogP contribution in [0.2, 0.25) is 0 Å². The summed E-state index contributed by atoms with van der Waals surface area (Å²) in [4.78, 5) is 38.4. The van der Waals surface area contributed by atoms with E-state index >= 15 is 0 Å². The van der Waals surface area contributed by atoms with E-state index in [0.29, 0.717) is 30.5 Å². The number of Topliss-reactive ketones (excluding diaryl/α,β-unsaturated/α-hetero) is 1. The van der Waals surface area contributed by atoms with Crippen LogP contribution < -0.4 is 4.74 Å². The monoisotopic (exact) mass is 483 g/mol. The Morgan fingerprint density at radius 2 is 2.09 bits per heavy atom. The Labute approximate surface area is 200 Å². The Kier molecular flexibility index (Phi) is 6.36. The highest BCUT2D eigenvalue weighted by Crippen LogP contribution is 2.37. The van der Waals surface area contributed by atoms with E-state index in [0.717, 1.165) is 39.4 Å². The minimum atomic E-state index is -0.105. The van der Waals surface area contributed by atoms with Crippen molar-refractivity contribution >= 4 is 45.7 Å². The molecule has 1 aliphatic heterocycles. The molecule has 0 spiro atoms. The van der Waals surface area contributed by atoms with Crippen molar-refractivity contribution in [1.82, 2.24) is 14.9 Å². The number of benzene rings is 1. The quantitative estimate of drug-likeness (QED) is 0.282. The van der Waals surface area contributed by atoms with E-state index in [2.05, 4.69) is 9.97 Å². The molecule has 1 saturated heterocycles. The molecule has 1 saturated carbocycles. The topological polar surface area (TPSA) is 81.6 Å². The number of thiophene rings is 1. The van der Waals surface area contributed by atoms with Gasteiger partial charge in [-0.3, -0.25) is 9.59 Å². The minimum absolute atomic E-state index is 0.0420. The Balaban J connectivity index is 1.31. The lowest BCUT2D eigenvalue weighted by atomic mass is 10.1. The maximum absolute atomic E-state index is 13.0. The maximum Gasteiger partial charge on any atom is 0.226 e. The van der Waals surface area contributed by atoms with Crippen LogP contribution in [-0.4, -0.2) is 59.2 Å². The van der Waals surface area contributed by atoms with Gasteiger partial charge in [-0.1, -0.05) is 11.8 Å². The maximum atomic E-state index is 13.0. The number of amides is 1. The number of rotatable bonds is 7. The smallest absolute Gasteiger partial charge is 0.226 e. The van der Waals surface area contributed by atoms with Gasteiger partial charge in [0.15, 0.2) is 5.78 Å². The SMILES string of the molecule is COc1ccc2nc(C)nc(SCC(=O)c3ccc(C4COCCN4C(=O)C4CC4)s3)c2c1. The summed E-state index contributed by atoms with van der Waals surface area (Å²) in [5, 5.41) is 1.64. The fraction of sp³-hybridized carbons (Fsp3) is 0.417. The third-order valence-corrected chi connectivity index (χ3v) is 8.11. The summed E-state index contributed by atoms with van der Waals surface area (Å²) in [7, 11) is 1.62. The van der Waals surface area contributed by atoms with E-state index in [1.165, 1.54) is 23.1 Å². The number of aromatic nitrogens is 2. The van der Waals surface area contributed by atoms with Crippen LogP contribution in [0.3, 0.4) is 0 Å². The van der Waals surface area contributed by atoms with E-state index in [9.17, 15) is 9.59 Å². The summed E-state index contributed by atoms with van der Waals surface area (Å²) in [6.07, 6.45) is 1.97. The van der Waals surface area contributed by atoms with Crippen LogP contribution in [0.25, 0.3) is 10.9 Å². The molecule has 1 aromatic carbocycles. The molecule has 2 aromatic heterocycles. The minimum Gasteiger partial charge on any atom is -0.497 e. The van der Waals surface area contributed by atoms with Crippen molar-refractivity contribution in [1.29, 1.82) is 0 Å². The molecule has 0 bridgehead atoms. The van der Waals surface area contributed by atoms with E-state index in [1.54, 1.807) is 7.11 Å². The number of fused-ring (bicyclic) bond motifs is 1. The number of carbonyl (C=O) groups is 2. The fourth-order valence-corrected chi connectivity index (χ4v) is 6.06. The summed E-state index contributed by atoms with van der Waals surface area (Å²) in [5.41, 5.74) is 0.828. The number of aryl methyl sites for hydroxylation is 1. The van der Waals surface area contributed by atoms with Crippen LogP contribution in [0.5, 0.6) is 5.75 Å². The van der Waals surface area contributed by atoms with Gasteiger partial charge >= 0.3 is 0 Å². The van der Waals surface area contributed by atoms with E-state index in [4.69, 9.17) is 9.47 Å². The number of methoxy groups -OCH3 is 1. The highest BCUT2D eigenvalue weighted by Gasteiger charge is 2.38. The van der Waals surface area contributed by atoms with Crippen molar-refractivity contribution < 1.29 is 19.1 Å². The van der Waals surface area contributed by atoms with Crippen LogP contribution in [0.4, 0.5) is 0 Å². The molecule has 1 amide bonds. The molecule has 33 heavy (non-hydrogen) atoms. The molecule has 1 unspecified atom stereocenters. The molecule has 5 rings (SSSR count). The predicted molar refractivity (Wildman–Crippen MR) is 128 cm³/mol. The number of ether oxygens (including phenoxy) is 2. The number of morpholine rings is 1. The van der Waals surface area contributed by atoms with Crippen molar-refractivity contribution in [2.24, 2.45) is 5.92 Å². The Morgan fingerprint density at radius 3 is 2.88 bits per heavy atom. The van der Waals surface area contributed by atoms with Gasteiger partial charge in [0.1, 0.15) is 16.6 Å². The van der Waals surface area contributed by atoms with Crippen molar-refractivity contribution in [3.63, 3.8) is 0 Å². The zero-order valence-electron chi connectivity index (χ0n) is 18.6. The second-order valence-corrected chi connectivity index (χ2v) is 10.3. The van der Waals surface area contributed by atoms with Gasteiger partial charge in [0.25, 0.3) is 0 Å². The van der Waals surface area contributed by atoms with Gasteiger partial charge in [-0.2, -0.15) is 0 Å². The van der Waals surface area contributed by atoms with Crippen molar-refractivity contribution in [3.05, 3.63) is 45.9 Å². The third-order valence-electron chi connectivity index (χ3n) is 5.89. The van der Waals surface area contributed by atoms with Crippen LogP contribution in [-0.2, 0) is 9.53 Å². The summed E-state index contributed by atoms with van der Waals surface area (Å²) >= 11 is 2.87. The first kappa shape index (κ1) is 22.3. The zero-order valence-corrected chi connectivity index (χ0v) is 20.2. The van der Waals surface area contributed by atoms with Crippen molar-refractivity contribution in [2.45, 2.75) is 30.8 Å². The number of carbonyl (C=O) groups excluding carboxylic acids is 2. The van der Waals surface area contributed by atoms with Crippen LogP contribution in [0.15, 0.2) is 35.4 Å². The lowest BCUT2D eigenvalue weighted by Crippen LogP contribution is -2.43. The second-order valence-electron chi connectivity index (χ2n) is 8.27. The van der Waals surface area contributed by atoms with Gasteiger partial charge in [0.2, 0.25) is 5.91 Å². The highest BCUT2D eigenvalue weighted by molar-refractivity contribution is 8.00.